The maximum absolute atomic E-state index is 13.1. The summed E-state index contributed by atoms with van der Waals surface area (Å²) in [6.07, 6.45) is 1.72. The molecule has 0 atom stereocenters. The van der Waals surface area contributed by atoms with Gasteiger partial charge in [0.1, 0.15) is 0 Å². The summed E-state index contributed by atoms with van der Waals surface area (Å²) in [5, 5.41) is 2.80. The number of thioether (sulfide) groups is 1. The van der Waals surface area contributed by atoms with Gasteiger partial charge < -0.3 is 10.1 Å². The Morgan fingerprint density at radius 1 is 1.03 bits per heavy atom. The van der Waals surface area contributed by atoms with E-state index in [0.29, 0.717) is 16.2 Å². The zero-order chi connectivity index (χ0) is 24.5. The predicted molar refractivity (Wildman–Crippen MR) is 133 cm³/mol. The Labute approximate surface area is 203 Å². The van der Waals surface area contributed by atoms with Gasteiger partial charge in [0.05, 0.1) is 33.9 Å². The Balaban J connectivity index is 1.58. The zero-order valence-corrected chi connectivity index (χ0v) is 20.5. The second-order valence-corrected chi connectivity index (χ2v) is 11.0. The molecule has 0 saturated heterocycles. The zero-order valence-electron chi connectivity index (χ0n) is 18.9. The molecule has 1 heterocycles. The molecule has 0 fully saturated rings. The van der Waals surface area contributed by atoms with Crippen LogP contribution in [0.3, 0.4) is 0 Å². The standard InChI is InChI=1S/C26H23NO5S2/c1-16-5-4-6-17(2)21(16)15-34(30,31)20-11-12-23-22(14-20)27-25(28)24(33-23)13-18-7-9-19(10-8-18)26(29)32-3/h4-14H,15H2,1-3H3,(H,27,28). The van der Waals surface area contributed by atoms with Crippen LogP contribution in [0, 0.1) is 13.8 Å². The van der Waals surface area contributed by atoms with E-state index < -0.39 is 15.8 Å². The number of anilines is 1. The van der Waals surface area contributed by atoms with Crippen molar-refractivity contribution in [1.82, 2.24) is 0 Å². The van der Waals surface area contributed by atoms with Gasteiger partial charge in [-0.3, -0.25) is 4.79 Å². The maximum Gasteiger partial charge on any atom is 0.337 e. The number of ether oxygens (including phenoxy) is 1. The third-order valence-electron chi connectivity index (χ3n) is 5.61. The molecule has 3 aromatic carbocycles. The number of hydrogen-bond acceptors (Lipinski definition) is 6. The molecule has 6 nitrogen and oxygen atoms in total. The van der Waals surface area contributed by atoms with E-state index in [1.54, 1.807) is 42.5 Å². The van der Waals surface area contributed by atoms with E-state index in [4.69, 9.17) is 4.74 Å². The van der Waals surface area contributed by atoms with Gasteiger partial charge in [-0.25, -0.2) is 13.2 Å². The molecule has 174 valence electrons. The first-order valence-electron chi connectivity index (χ1n) is 10.5. The van der Waals surface area contributed by atoms with Crippen LogP contribution in [-0.2, 0) is 25.1 Å². The second-order valence-electron chi connectivity index (χ2n) is 7.97. The first kappa shape index (κ1) is 23.8. The fraction of sp³-hybridized carbons (Fsp3) is 0.154. The predicted octanol–water partition coefficient (Wildman–Crippen LogP) is 5.15. The van der Waals surface area contributed by atoms with Crippen LogP contribution < -0.4 is 5.32 Å². The van der Waals surface area contributed by atoms with Crippen molar-refractivity contribution >= 4 is 45.2 Å². The molecule has 0 aromatic heterocycles. The number of methoxy groups -OCH3 is 1. The lowest BCUT2D eigenvalue weighted by atomic mass is 10.1. The molecule has 4 rings (SSSR count). The molecular weight excluding hydrogens is 470 g/mol. The first-order valence-corrected chi connectivity index (χ1v) is 13.0. The lowest BCUT2D eigenvalue weighted by Gasteiger charge is -2.20. The van der Waals surface area contributed by atoms with Crippen molar-refractivity contribution in [2.24, 2.45) is 0 Å². The number of amides is 1. The third kappa shape index (κ3) is 4.93. The lowest BCUT2D eigenvalue weighted by molar-refractivity contribution is -0.112. The number of aryl methyl sites for hydroxylation is 2. The summed E-state index contributed by atoms with van der Waals surface area (Å²) in [7, 11) is -2.28. The van der Waals surface area contributed by atoms with Crippen LogP contribution >= 0.6 is 11.8 Å². The number of nitrogens with one attached hydrogen (secondary N) is 1. The molecule has 0 bridgehead atoms. The van der Waals surface area contributed by atoms with Crippen LogP contribution in [-0.4, -0.2) is 27.4 Å². The van der Waals surface area contributed by atoms with Crippen molar-refractivity contribution < 1.29 is 22.7 Å². The largest absolute Gasteiger partial charge is 0.465 e. The number of rotatable bonds is 5. The average molecular weight is 494 g/mol. The molecule has 0 unspecified atom stereocenters. The summed E-state index contributed by atoms with van der Waals surface area (Å²) < 4.78 is 30.9. The molecule has 8 heteroatoms. The maximum atomic E-state index is 13.1. The minimum Gasteiger partial charge on any atom is -0.465 e. The lowest BCUT2D eigenvalue weighted by Crippen LogP contribution is -2.18. The van der Waals surface area contributed by atoms with Gasteiger partial charge in [-0.05, 0) is 72.5 Å². The fourth-order valence-corrected chi connectivity index (χ4v) is 6.17. The molecule has 0 spiro atoms. The third-order valence-corrected chi connectivity index (χ3v) is 8.35. The van der Waals surface area contributed by atoms with E-state index in [2.05, 4.69) is 5.32 Å². The van der Waals surface area contributed by atoms with Gasteiger partial charge in [0.25, 0.3) is 5.91 Å². The molecule has 3 aromatic rings. The van der Waals surface area contributed by atoms with Gasteiger partial charge in [0.2, 0.25) is 0 Å². The van der Waals surface area contributed by atoms with Gasteiger partial charge in [-0.1, -0.05) is 42.1 Å². The van der Waals surface area contributed by atoms with E-state index in [0.717, 1.165) is 27.1 Å². The Morgan fingerprint density at radius 2 is 1.71 bits per heavy atom. The molecule has 0 aliphatic carbocycles. The number of sulfone groups is 1. The van der Waals surface area contributed by atoms with Crippen molar-refractivity contribution in [2.75, 3.05) is 12.4 Å². The molecule has 1 N–H and O–H groups in total. The highest BCUT2D eigenvalue weighted by atomic mass is 32.2. The number of hydrogen-bond donors (Lipinski definition) is 1. The van der Waals surface area contributed by atoms with Crippen LogP contribution in [0.1, 0.15) is 32.6 Å². The van der Waals surface area contributed by atoms with Crippen LogP contribution in [0.2, 0.25) is 0 Å². The van der Waals surface area contributed by atoms with Gasteiger partial charge >= 0.3 is 5.97 Å². The summed E-state index contributed by atoms with van der Waals surface area (Å²) in [4.78, 5) is 25.7. The highest BCUT2D eigenvalue weighted by molar-refractivity contribution is 8.04. The summed E-state index contributed by atoms with van der Waals surface area (Å²) in [5.41, 5.74) is 4.30. The molecule has 0 saturated carbocycles. The van der Waals surface area contributed by atoms with Crippen molar-refractivity contribution in [3.63, 3.8) is 0 Å². The highest BCUT2D eigenvalue weighted by Crippen LogP contribution is 2.40. The number of benzene rings is 3. The number of carbonyl (C=O) groups is 2. The summed E-state index contributed by atoms with van der Waals surface area (Å²) in [5.74, 6) is -0.849. The van der Waals surface area contributed by atoms with Crippen LogP contribution in [0.25, 0.3) is 6.08 Å². The Kier molecular flexibility index (Phi) is 6.63. The SMILES string of the molecule is COC(=O)c1ccc(C=C2Sc3ccc(S(=O)(=O)Cc4c(C)cccc4C)cc3NC2=O)cc1. The van der Waals surface area contributed by atoms with Crippen molar-refractivity contribution in [2.45, 2.75) is 29.4 Å². The quantitative estimate of drug-likeness (QED) is 0.391. The first-order chi connectivity index (χ1) is 16.2. The van der Waals surface area contributed by atoms with E-state index >= 15 is 0 Å². The average Bonchev–Trinajstić information content (AvgIpc) is 2.81. The van der Waals surface area contributed by atoms with E-state index in [9.17, 15) is 18.0 Å². The summed E-state index contributed by atoms with van der Waals surface area (Å²) in [6, 6.07) is 17.2. The Hall–Kier alpha value is -3.36. The Bertz CT molecular complexity index is 1400. The topological polar surface area (TPSA) is 89.5 Å². The fourth-order valence-electron chi connectivity index (χ4n) is 3.67. The molecule has 1 aliphatic heterocycles. The smallest absolute Gasteiger partial charge is 0.337 e. The van der Waals surface area contributed by atoms with Gasteiger partial charge in [-0.2, -0.15) is 0 Å². The van der Waals surface area contributed by atoms with E-state index in [1.807, 2.05) is 32.0 Å². The van der Waals surface area contributed by atoms with Crippen LogP contribution in [0.4, 0.5) is 5.69 Å². The monoisotopic (exact) mass is 493 g/mol. The van der Waals surface area contributed by atoms with Crippen LogP contribution in [0.15, 0.2) is 75.4 Å². The molecule has 34 heavy (non-hydrogen) atoms. The molecule has 0 radical (unpaired) electrons. The molecule has 1 amide bonds. The van der Waals surface area contributed by atoms with E-state index in [1.165, 1.54) is 24.9 Å². The van der Waals surface area contributed by atoms with E-state index in [-0.39, 0.29) is 16.6 Å². The van der Waals surface area contributed by atoms with Crippen molar-refractivity contribution in [1.29, 1.82) is 0 Å². The highest BCUT2D eigenvalue weighted by Gasteiger charge is 2.25. The van der Waals surface area contributed by atoms with Gasteiger partial charge in [0, 0.05) is 4.90 Å². The number of esters is 1. The van der Waals surface area contributed by atoms with Crippen LogP contribution in [0.5, 0.6) is 0 Å². The van der Waals surface area contributed by atoms with Gasteiger partial charge in [-0.15, -0.1) is 0 Å². The summed E-state index contributed by atoms with van der Waals surface area (Å²) in [6.45, 7) is 3.80. The number of fused-ring (bicyclic) bond motifs is 1. The van der Waals surface area contributed by atoms with Crippen molar-refractivity contribution in [3.05, 3.63) is 93.4 Å². The summed E-state index contributed by atoms with van der Waals surface area (Å²) >= 11 is 1.27. The minimum atomic E-state index is -3.60. The molecule has 1 aliphatic rings. The molecular formula is C26H23NO5S2. The second kappa shape index (κ2) is 9.48. The normalized spacial score (nSPS) is 14.4. The van der Waals surface area contributed by atoms with Gasteiger partial charge in [0.15, 0.2) is 9.84 Å². The number of carbonyl (C=O) groups excluding carboxylic acids is 2. The minimum absolute atomic E-state index is 0.0991. The Morgan fingerprint density at radius 3 is 2.35 bits per heavy atom. The van der Waals surface area contributed by atoms with Crippen molar-refractivity contribution in [3.8, 4) is 0 Å².